The van der Waals surface area contributed by atoms with Gasteiger partial charge in [0.05, 0.1) is 0 Å². The number of unbranched alkanes of at least 4 members (excludes halogenated alkanes) is 4. The molecule has 0 aliphatic heterocycles. The molecule has 1 aromatic heterocycles. The van der Waals surface area contributed by atoms with Crippen LogP contribution in [0.5, 0.6) is 0 Å². The van der Waals surface area contributed by atoms with Gasteiger partial charge in [0.15, 0.2) is 0 Å². The van der Waals surface area contributed by atoms with Gasteiger partial charge in [-0.15, -0.1) is 0 Å². The van der Waals surface area contributed by atoms with Crippen molar-refractivity contribution in [2.45, 2.75) is 87.0 Å². The van der Waals surface area contributed by atoms with Crippen LogP contribution in [0.1, 0.15) is 81.0 Å². The van der Waals surface area contributed by atoms with E-state index in [2.05, 4.69) is 82.9 Å². The standard InChI is InChI=1S/C9H13N.C8H10.C7H16/c1-4-9-6-7(2)5-8(3)10-9;1-7-3-5-8(2)6-4-7;1-3-5-7-6-4-2/h5-6H,4H2,1-3H3;3-6H,1-2H3;3-7H2,1-2H3. The molecule has 0 saturated carbocycles. The van der Waals surface area contributed by atoms with Crippen molar-refractivity contribution in [2.75, 3.05) is 0 Å². The summed E-state index contributed by atoms with van der Waals surface area (Å²) >= 11 is 0. The number of hydrogen-bond donors (Lipinski definition) is 0. The smallest absolute Gasteiger partial charge is 0.0406 e. The lowest BCUT2D eigenvalue weighted by atomic mass is 10.2. The van der Waals surface area contributed by atoms with E-state index in [0.717, 1.165) is 12.1 Å². The molecule has 1 heterocycles. The van der Waals surface area contributed by atoms with Gasteiger partial charge in [-0.05, 0) is 51.8 Å². The van der Waals surface area contributed by atoms with Crippen LogP contribution >= 0.6 is 0 Å². The van der Waals surface area contributed by atoms with Crippen LogP contribution in [-0.4, -0.2) is 4.98 Å². The number of pyridine rings is 1. The molecule has 1 nitrogen and oxygen atoms in total. The summed E-state index contributed by atoms with van der Waals surface area (Å²) in [5, 5.41) is 0. The molecule has 0 fully saturated rings. The van der Waals surface area contributed by atoms with E-state index in [1.165, 1.54) is 54.5 Å². The lowest BCUT2D eigenvalue weighted by Gasteiger charge is -1.99. The summed E-state index contributed by atoms with van der Waals surface area (Å²) in [7, 11) is 0. The summed E-state index contributed by atoms with van der Waals surface area (Å²) in [5.41, 5.74) is 6.28. The molecule has 25 heavy (non-hydrogen) atoms. The number of benzene rings is 1. The Balaban J connectivity index is 0.000000353. The summed E-state index contributed by atoms with van der Waals surface area (Å²) in [5.74, 6) is 0. The SMILES string of the molecule is CCCCCCC.CCc1cc(C)cc(C)n1.Cc1ccc(C)cc1. The summed E-state index contributed by atoms with van der Waals surface area (Å²) in [6, 6.07) is 12.7. The first-order chi connectivity index (χ1) is 11.9. The van der Waals surface area contributed by atoms with Crippen LogP contribution in [0.25, 0.3) is 0 Å². The van der Waals surface area contributed by atoms with Crippen LogP contribution in [0.4, 0.5) is 0 Å². The third kappa shape index (κ3) is 13.3. The Labute approximate surface area is 156 Å². The molecule has 0 spiro atoms. The summed E-state index contributed by atoms with van der Waals surface area (Å²) < 4.78 is 0. The normalized spacial score (nSPS) is 9.56. The molecule has 0 radical (unpaired) electrons. The van der Waals surface area contributed by atoms with Crippen LogP contribution in [-0.2, 0) is 6.42 Å². The van der Waals surface area contributed by atoms with E-state index >= 15 is 0 Å². The van der Waals surface area contributed by atoms with Gasteiger partial charge in [0.1, 0.15) is 0 Å². The van der Waals surface area contributed by atoms with Crippen LogP contribution < -0.4 is 0 Å². The minimum absolute atomic E-state index is 1.03. The minimum Gasteiger partial charge on any atom is -0.258 e. The fourth-order valence-electron chi connectivity index (χ4n) is 2.42. The topological polar surface area (TPSA) is 12.9 Å². The van der Waals surface area contributed by atoms with Crippen LogP contribution in [0.15, 0.2) is 36.4 Å². The van der Waals surface area contributed by atoms with Crippen molar-refractivity contribution in [3.8, 4) is 0 Å². The Bertz CT molecular complexity index is 510. The molecule has 0 amide bonds. The largest absolute Gasteiger partial charge is 0.258 e. The van der Waals surface area contributed by atoms with Gasteiger partial charge in [0.25, 0.3) is 0 Å². The fraction of sp³-hybridized carbons (Fsp3) is 0.542. The van der Waals surface area contributed by atoms with Crippen molar-refractivity contribution in [1.82, 2.24) is 4.98 Å². The number of aryl methyl sites for hydroxylation is 5. The van der Waals surface area contributed by atoms with Crippen molar-refractivity contribution in [2.24, 2.45) is 0 Å². The van der Waals surface area contributed by atoms with Gasteiger partial charge in [-0.1, -0.05) is 88.3 Å². The molecule has 0 N–H and O–H groups in total. The zero-order chi connectivity index (χ0) is 19.1. The highest BCUT2D eigenvalue weighted by Gasteiger charge is 1.92. The van der Waals surface area contributed by atoms with Crippen LogP contribution in [0, 0.1) is 27.7 Å². The second kappa shape index (κ2) is 14.7. The Morgan fingerprint density at radius 1 is 0.640 bits per heavy atom. The molecule has 0 unspecified atom stereocenters. The van der Waals surface area contributed by atoms with Gasteiger partial charge < -0.3 is 0 Å². The van der Waals surface area contributed by atoms with Crippen LogP contribution in [0.2, 0.25) is 0 Å². The van der Waals surface area contributed by atoms with Crippen molar-refractivity contribution in [3.05, 3.63) is 64.5 Å². The average molecular weight is 342 g/mol. The molecule has 1 aromatic carbocycles. The number of aromatic nitrogens is 1. The maximum Gasteiger partial charge on any atom is 0.0406 e. The number of nitrogens with zero attached hydrogens (tertiary/aromatic N) is 1. The minimum atomic E-state index is 1.03. The van der Waals surface area contributed by atoms with E-state index in [0.29, 0.717) is 0 Å². The van der Waals surface area contributed by atoms with Crippen molar-refractivity contribution >= 4 is 0 Å². The van der Waals surface area contributed by atoms with Gasteiger partial charge in [0, 0.05) is 11.4 Å². The summed E-state index contributed by atoms with van der Waals surface area (Å²) in [6.07, 6.45) is 8.04. The highest BCUT2D eigenvalue weighted by atomic mass is 14.7. The molecule has 140 valence electrons. The van der Waals surface area contributed by atoms with Gasteiger partial charge in [-0.25, -0.2) is 0 Å². The highest BCUT2D eigenvalue weighted by molar-refractivity contribution is 5.20. The second-order valence-electron chi connectivity index (χ2n) is 6.85. The Morgan fingerprint density at radius 2 is 1.12 bits per heavy atom. The molecule has 2 aromatic rings. The molecule has 2 rings (SSSR count). The monoisotopic (exact) mass is 341 g/mol. The van der Waals surface area contributed by atoms with E-state index in [1.54, 1.807) is 0 Å². The predicted molar refractivity (Wildman–Crippen MR) is 113 cm³/mol. The number of rotatable bonds is 5. The molecule has 1 heteroatoms. The summed E-state index contributed by atoms with van der Waals surface area (Å²) in [6.45, 7) is 14.9. The lowest BCUT2D eigenvalue weighted by Crippen LogP contribution is -1.90. The van der Waals surface area contributed by atoms with E-state index in [4.69, 9.17) is 0 Å². The van der Waals surface area contributed by atoms with E-state index in [1.807, 2.05) is 6.92 Å². The maximum atomic E-state index is 4.35. The molecule has 0 atom stereocenters. The molecule has 0 aliphatic rings. The van der Waals surface area contributed by atoms with Gasteiger partial charge in [0.2, 0.25) is 0 Å². The van der Waals surface area contributed by atoms with Gasteiger partial charge in [-0.3, -0.25) is 4.98 Å². The first-order valence-electron chi connectivity index (χ1n) is 9.90. The Kier molecular flexibility index (Phi) is 13.7. The lowest BCUT2D eigenvalue weighted by molar-refractivity contribution is 0.656. The first-order valence-corrected chi connectivity index (χ1v) is 9.90. The van der Waals surface area contributed by atoms with Crippen LogP contribution in [0.3, 0.4) is 0 Å². The zero-order valence-electron chi connectivity index (χ0n) is 17.7. The van der Waals surface area contributed by atoms with E-state index < -0.39 is 0 Å². The second-order valence-corrected chi connectivity index (χ2v) is 6.85. The maximum absolute atomic E-state index is 4.35. The first kappa shape index (κ1) is 23.4. The summed E-state index contributed by atoms with van der Waals surface area (Å²) in [4.78, 5) is 4.35. The Morgan fingerprint density at radius 3 is 1.48 bits per heavy atom. The van der Waals surface area contributed by atoms with Crippen molar-refractivity contribution in [1.29, 1.82) is 0 Å². The molecule has 0 aliphatic carbocycles. The number of hydrogen-bond acceptors (Lipinski definition) is 1. The third-order valence-electron chi connectivity index (χ3n) is 3.94. The average Bonchev–Trinajstić information content (AvgIpc) is 2.58. The third-order valence-corrected chi connectivity index (χ3v) is 3.94. The molecular weight excluding hydrogens is 302 g/mol. The van der Waals surface area contributed by atoms with E-state index in [-0.39, 0.29) is 0 Å². The van der Waals surface area contributed by atoms with Gasteiger partial charge in [-0.2, -0.15) is 0 Å². The van der Waals surface area contributed by atoms with Crippen molar-refractivity contribution in [3.63, 3.8) is 0 Å². The quantitative estimate of drug-likeness (QED) is 0.512. The van der Waals surface area contributed by atoms with Crippen molar-refractivity contribution < 1.29 is 0 Å². The van der Waals surface area contributed by atoms with E-state index in [9.17, 15) is 0 Å². The van der Waals surface area contributed by atoms with Gasteiger partial charge >= 0.3 is 0 Å². The zero-order valence-corrected chi connectivity index (χ0v) is 17.7. The fourth-order valence-corrected chi connectivity index (χ4v) is 2.42. The highest BCUT2D eigenvalue weighted by Crippen LogP contribution is 2.04. The molecule has 0 bridgehead atoms. The molecule has 0 saturated heterocycles. The molecular formula is C24H39N. The Hall–Kier alpha value is -1.63. The predicted octanol–water partition coefficient (Wildman–Crippen LogP) is 7.54.